The minimum Gasteiger partial charge on any atom is -0.487 e. The van der Waals surface area contributed by atoms with Crippen molar-refractivity contribution in [3.05, 3.63) is 40.7 Å². The molecule has 120 valence electrons. The summed E-state index contributed by atoms with van der Waals surface area (Å²) >= 11 is 0. The lowest BCUT2D eigenvalue weighted by atomic mass is 10.1. The van der Waals surface area contributed by atoms with Crippen LogP contribution in [-0.4, -0.2) is 20.1 Å². The van der Waals surface area contributed by atoms with Crippen LogP contribution in [0.1, 0.15) is 42.8 Å². The van der Waals surface area contributed by atoms with Crippen LogP contribution in [0.4, 0.5) is 0 Å². The number of aryl methyl sites for hydroxylation is 2. The normalized spacial score (nSPS) is 11.2. The predicted molar refractivity (Wildman–Crippen MR) is 85.6 cm³/mol. The van der Waals surface area contributed by atoms with E-state index in [2.05, 4.69) is 37.1 Å². The van der Waals surface area contributed by atoms with Crippen molar-refractivity contribution in [2.75, 3.05) is 0 Å². The van der Waals surface area contributed by atoms with Gasteiger partial charge in [-0.1, -0.05) is 31.2 Å². The summed E-state index contributed by atoms with van der Waals surface area (Å²) < 4.78 is 7.78. The van der Waals surface area contributed by atoms with Gasteiger partial charge in [-0.25, -0.2) is 4.68 Å². The zero-order valence-electron chi connectivity index (χ0n) is 13.8. The molecule has 0 saturated heterocycles. The molecule has 0 aliphatic carbocycles. The molecule has 0 aliphatic rings. The fraction of sp³-hybridized carbons (Fsp3) is 0.529. The first-order chi connectivity index (χ1) is 10.5. The molecule has 5 heteroatoms. The lowest BCUT2D eigenvalue weighted by Gasteiger charge is -2.13. The van der Waals surface area contributed by atoms with Crippen LogP contribution in [0, 0.1) is 19.8 Å². The van der Waals surface area contributed by atoms with E-state index < -0.39 is 0 Å². The van der Waals surface area contributed by atoms with Crippen LogP contribution in [0.5, 0.6) is 5.75 Å². The zero-order chi connectivity index (χ0) is 16.1. The fourth-order valence-corrected chi connectivity index (χ4v) is 2.24. The molecule has 0 spiro atoms. The van der Waals surface area contributed by atoms with Gasteiger partial charge in [0.05, 0.1) is 6.61 Å². The van der Waals surface area contributed by atoms with Gasteiger partial charge in [0.15, 0.2) is 0 Å². The van der Waals surface area contributed by atoms with E-state index in [9.17, 15) is 5.11 Å². The molecular formula is C17H25N3O2. The van der Waals surface area contributed by atoms with Crippen LogP contribution in [0.3, 0.4) is 0 Å². The monoisotopic (exact) mass is 303 g/mol. The molecule has 0 radical (unpaired) electrons. The Bertz CT molecular complexity index is 620. The number of aromatic nitrogens is 3. The van der Waals surface area contributed by atoms with Crippen molar-refractivity contribution in [2.45, 2.75) is 53.9 Å². The molecule has 0 atom stereocenters. The summed E-state index contributed by atoms with van der Waals surface area (Å²) in [5, 5.41) is 17.6. The van der Waals surface area contributed by atoms with Gasteiger partial charge in [-0.3, -0.25) is 0 Å². The summed E-state index contributed by atoms with van der Waals surface area (Å²) in [4.78, 5) is 0. The maximum atomic E-state index is 9.43. The molecule has 1 heterocycles. The summed E-state index contributed by atoms with van der Waals surface area (Å²) in [5.74, 6) is 1.45. The largest absolute Gasteiger partial charge is 0.487 e. The Balaban J connectivity index is 2.14. The van der Waals surface area contributed by atoms with Crippen LogP contribution in [0.2, 0.25) is 0 Å². The van der Waals surface area contributed by atoms with Crippen molar-refractivity contribution in [3.8, 4) is 5.75 Å². The second-order valence-corrected chi connectivity index (χ2v) is 6.03. The van der Waals surface area contributed by atoms with E-state index in [0.29, 0.717) is 18.2 Å². The fourth-order valence-electron chi connectivity index (χ4n) is 2.24. The lowest BCUT2D eigenvalue weighted by Crippen LogP contribution is -2.11. The molecule has 0 fully saturated rings. The highest BCUT2D eigenvalue weighted by Crippen LogP contribution is 2.22. The SMILES string of the molecule is Cc1cccc(OCc2c(CO)nnn2CCC(C)C)c1C. The van der Waals surface area contributed by atoms with Gasteiger partial charge in [-0.05, 0) is 43.4 Å². The highest BCUT2D eigenvalue weighted by molar-refractivity contribution is 5.38. The van der Waals surface area contributed by atoms with E-state index in [1.807, 2.05) is 23.7 Å². The zero-order valence-corrected chi connectivity index (χ0v) is 13.8. The van der Waals surface area contributed by atoms with Gasteiger partial charge in [0, 0.05) is 6.54 Å². The first-order valence-corrected chi connectivity index (χ1v) is 7.74. The minimum atomic E-state index is -0.118. The van der Waals surface area contributed by atoms with Crippen molar-refractivity contribution in [1.82, 2.24) is 15.0 Å². The van der Waals surface area contributed by atoms with Crippen molar-refractivity contribution in [3.63, 3.8) is 0 Å². The summed E-state index contributed by atoms with van der Waals surface area (Å²) in [6.45, 7) is 9.50. The third-order valence-electron chi connectivity index (χ3n) is 3.91. The average Bonchev–Trinajstić information content (AvgIpc) is 2.88. The number of benzene rings is 1. The maximum Gasteiger partial charge on any atom is 0.132 e. The molecule has 1 N–H and O–H groups in total. The van der Waals surface area contributed by atoms with Crippen molar-refractivity contribution >= 4 is 0 Å². The van der Waals surface area contributed by atoms with E-state index in [1.165, 1.54) is 5.56 Å². The predicted octanol–water partition coefficient (Wildman–Crippen LogP) is 3.01. The number of hydrogen-bond donors (Lipinski definition) is 1. The van der Waals surface area contributed by atoms with Gasteiger partial charge in [-0.2, -0.15) is 0 Å². The summed E-state index contributed by atoms with van der Waals surface area (Å²) in [5.41, 5.74) is 3.78. The van der Waals surface area contributed by atoms with Crippen molar-refractivity contribution in [2.24, 2.45) is 5.92 Å². The molecule has 0 aliphatic heterocycles. The third kappa shape index (κ3) is 3.85. The Morgan fingerprint density at radius 2 is 2.05 bits per heavy atom. The van der Waals surface area contributed by atoms with Gasteiger partial charge in [0.1, 0.15) is 23.7 Å². The molecular weight excluding hydrogens is 278 g/mol. The number of ether oxygens (including phenoxy) is 1. The van der Waals surface area contributed by atoms with Gasteiger partial charge in [0.2, 0.25) is 0 Å². The van der Waals surface area contributed by atoms with Crippen LogP contribution < -0.4 is 4.74 Å². The number of rotatable bonds is 7. The van der Waals surface area contributed by atoms with Crippen LogP contribution in [-0.2, 0) is 19.8 Å². The smallest absolute Gasteiger partial charge is 0.132 e. The van der Waals surface area contributed by atoms with Crippen molar-refractivity contribution in [1.29, 1.82) is 0 Å². The second-order valence-electron chi connectivity index (χ2n) is 6.03. The molecule has 0 amide bonds. The molecule has 22 heavy (non-hydrogen) atoms. The highest BCUT2D eigenvalue weighted by atomic mass is 16.5. The molecule has 1 aromatic carbocycles. The maximum absolute atomic E-state index is 9.43. The molecule has 2 rings (SSSR count). The van der Waals surface area contributed by atoms with E-state index in [1.54, 1.807) is 0 Å². The summed E-state index contributed by atoms with van der Waals surface area (Å²) in [6, 6.07) is 6.01. The Kier molecular flexibility index (Phi) is 5.55. The van der Waals surface area contributed by atoms with E-state index >= 15 is 0 Å². The molecule has 0 unspecified atom stereocenters. The molecule has 2 aromatic rings. The van der Waals surface area contributed by atoms with E-state index in [4.69, 9.17) is 4.74 Å². The number of aliphatic hydroxyl groups excluding tert-OH is 1. The quantitative estimate of drug-likeness (QED) is 0.854. The van der Waals surface area contributed by atoms with E-state index in [0.717, 1.165) is 30.0 Å². The van der Waals surface area contributed by atoms with Gasteiger partial charge in [0.25, 0.3) is 0 Å². The van der Waals surface area contributed by atoms with Crippen LogP contribution in [0.25, 0.3) is 0 Å². The van der Waals surface area contributed by atoms with Crippen LogP contribution >= 0.6 is 0 Å². The number of aliphatic hydroxyl groups is 1. The summed E-state index contributed by atoms with van der Waals surface area (Å²) in [7, 11) is 0. The summed E-state index contributed by atoms with van der Waals surface area (Å²) in [6.07, 6.45) is 1.02. The Morgan fingerprint density at radius 1 is 1.27 bits per heavy atom. The van der Waals surface area contributed by atoms with Gasteiger partial charge in [-0.15, -0.1) is 5.10 Å². The third-order valence-corrected chi connectivity index (χ3v) is 3.91. The standard InChI is InChI=1S/C17H25N3O2/c1-12(2)8-9-20-16(15(10-21)18-19-20)11-22-17-7-5-6-13(3)14(17)4/h5-7,12,21H,8-11H2,1-4H3. The second kappa shape index (κ2) is 7.40. The van der Waals surface area contributed by atoms with Crippen LogP contribution in [0.15, 0.2) is 18.2 Å². The average molecular weight is 303 g/mol. The Morgan fingerprint density at radius 3 is 2.73 bits per heavy atom. The number of nitrogens with zero attached hydrogens (tertiary/aromatic N) is 3. The molecule has 1 aromatic heterocycles. The number of hydrogen-bond acceptors (Lipinski definition) is 4. The van der Waals surface area contributed by atoms with Crippen molar-refractivity contribution < 1.29 is 9.84 Å². The Labute approximate surface area is 131 Å². The topological polar surface area (TPSA) is 60.2 Å². The molecule has 0 bridgehead atoms. The Hall–Kier alpha value is -1.88. The van der Waals surface area contributed by atoms with Gasteiger partial charge < -0.3 is 9.84 Å². The first kappa shape index (κ1) is 16.5. The van der Waals surface area contributed by atoms with Gasteiger partial charge >= 0.3 is 0 Å². The molecule has 0 saturated carbocycles. The van der Waals surface area contributed by atoms with E-state index in [-0.39, 0.29) is 6.61 Å². The first-order valence-electron chi connectivity index (χ1n) is 7.74. The lowest BCUT2D eigenvalue weighted by molar-refractivity contribution is 0.260. The highest BCUT2D eigenvalue weighted by Gasteiger charge is 2.14. The molecule has 5 nitrogen and oxygen atoms in total. The minimum absolute atomic E-state index is 0.118.